The number of ether oxygens (including phenoxy) is 2. The van der Waals surface area contributed by atoms with Crippen molar-refractivity contribution in [3.8, 4) is 11.5 Å². The van der Waals surface area contributed by atoms with E-state index >= 15 is 0 Å². The van der Waals surface area contributed by atoms with Gasteiger partial charge in [-0.05, 0) is 54.8 Å². The molecule has 0 radical (unpaired) electrons. The molecular weight excluding hydrogens is 819 g/mol. The van der Waals surface area contributed by atoms with Gasteiger partial charge >= 0.3 is 0 Å². The standard InChI is InChI=1S/C23H26N2O3.C22H24N2O3.HI/c1-25(15-17-7-9-20(27-2)10-8-17)13-11-19(12-14-25)24-23(26)22-21-6-4-3-5-18(21)16-28-22;1-26-19-8-6-16(7-9-19)14-24-12-10-18(11-13-24)23-22(25)21-20-5-3-2-4-17(20)15-27-21;/h3-10,16,19H,11-15H2,1-2H3;2-9,15,18H,10-14H2,1H3,(H,23,25);1H. The summed E-state index contributed by atoms with van der Waals surface area (Å²) in [4.78, 5) is 27.7. The number of halogens is 1. The Morgan fingerprint density at radius 1 is 0.661 bits per heavy atom. The molecule has 0 bridgehead atoms. The van der Waals surface area contributed by atoms with E-state index in [1.807, 2.05) is 72.8 Å². The molecule has 8 rings (SSSR count). The van der Waals surface area contributed by atoms with E-state index in [4.69, 9.17) is 18.3 Å². The van der Waals surface area contributed by atoms with Gasteiger partial charge in [0.05, 0.1) is 46.9 Å². The molecule has 2 saturated heterocycles. The maximum atomic E-state index is 12.7. The first-order valence-electron chi connectivity index (χ1n) is 19.1. The maximum Gasteiger partial charge on any atom is 0.287 e. The Balaban J connectivity index is 0.000000187. The van der Waals surface area contributed by atoms with E-state index in [1.165, 1.54) is 11.1 Å². The van der Waals surface area contributed by atoms with Crippen LogP contribution in [0.25, 0.3) is 21.5 Å². The minimum atomic E-state index is -0.121. The number of hydrogen-bond acceptors (Lipinski definition) is 7. The van der Waals surface area contributed by atoms with Gasteiger partial charge in [0.15, 0.2) is 11.5 Å². The van der Waals surface area contributed by atoms with E-state index in [-0.39, 0.29) is 47.9 Å². The zero-order valence-corrected chi connectivity index (χ0v) is 34.5. The van der Waals surface area contributed by atoms with Crippen molar-refractivity contribution in [1.82, 2.24) is 15.5 Å². The Bertz CT molecular complexity index is 2180. The van der Waals surface area contributed by atoms with Crippen LogP contribution < -0.4 is 44.1 Å². The molecule has 10 nitrogen and oxygen atoms in total. The number of furan rings is 2. The SMILES string of the molecule is COc1ccc(CN2CCC(NC(=O)c3occ4ccccc34)CC2)cc1.COc1ccc(C[N+]2(C)CCC(NC(=O)c3occ4ccccc34)CC2)cc1.[I-]. The molecule has 11 heteroatoms. The maximum absolute atomic E-state index is 12.7. The smallest absolute Gasteiger partial charge is 0.287 e. The Hall–Kier alpha value is -4.85. The highest BCUT2D eigenvalue weighted by molar-refractivity contribution is 6.05. The summed E-state index contributed by atoms with van der Waals surface area (Å²) in [6.45, 7) is 5.93. The third-order valence-electron chi connectivity index (χ3n) is 11.0. The topological polar surface area (TPSA) is 106 Å². The summed E-state index contributed by atoms with van der Waals surface area (Å²) in [6.07, 6.45) is 7.12. The van der Waals surface area contributed by atoms with Crippen LogP contribution in [0.4, 0.5) is 0 Å². The quantitative estimate of drug-likeness (QED) is 0.150. The van der Waals surface area contributed by atoms with Crippen LogP contribution in [0.15, 0.2) is 118 Å². The van der Waals surface area contributed by atoms with Gasteiger partial charge in [-0.15, -0.1) is 0 Å². The molecule has 4 heterocycles. The van der Waals surface area contributed by atoms with Gasteiger partial charge in [-0.25, -0.2) is 0 Å². The zero-order valence-electron chi connectivity index (χ0n) is 32.3. The lowest BCUT2D eigenvalue weighted by Gasteiger charge is -2.40. The van der Waals surface area contributed by atoms with Crippen molar-refractivity contribution < 1.29 is 56.4 Å². The van der Waals surface area contributed by atoms with E-state index in [9.17, 15) is 9.59 Å². The van der Waals surface area contributed by atoms with Crippen molar-refractivity contribution in [1.29, 1.82) is 0 Å². The molecule has 294 valence electrons. The summed E-state index contributed by atoms with van der Waals surface area (Å²) in [7, 11) is 5.66. The van der Waals surface area contributed by atoms with Crippen LogP contribution in [-0.4, -0.2) is 80.7 Å². The second-order valence-electron chi connectivity index (χ2n) is 15.0. The van der Waals surface area contributed by atoms with Crippen molar-refractivity contribution in [2.24, 2.45) is 0 Å². The fraction of sp³-hybridized carbons (Fsp3) is 0.333. The number of carbonyl (C=O) groups is 2. The molecule has 0 atom stereocenters. The van der Waals surface area contributed by atoms with E-state index in [0.29, 0.717) is 11.5 Å². The average molecular weight is 871 g/mol. The van der Waals surface area contributed by atoms with Crippen molar-refractivity contribution in [2.45, 2.75) is 50.9 Å². The number of hydrogen-bond donors (Lipinski definition) is 2. The van der Waals surface area contributed by atoms with Gasteiger partial charge in [0.2, 0.25) is 0 Å². The summed E-state index contributed by atoms with van der Waals surface area (Å²) < 4.78 is 22.5. The van der Waals surface area contributed by atoms with Gasteiger partial charge in [-0.3, -0.25) is 14.5 Å². The molecule has 0 aliphatic carbocycles. The molecule has 0 spiro atoms. The first-order chi connectivity index (χ1) is 26.8. The van der Waals surface area contributed by atoms with Gasteiger partial charge in [-0.2, -0.15) is 0 Å². The minimum Gasteiger partial charge on any atom is -1.00 e. The van der Waals surface area contributed by atoms with Crippen LogP contribution in [0.5, 0.6) is 11.5 Å². The molecule has 0 saturated carbocycles. The molecule has 2 N–H and O–H groups in total. The van der Waals surface area contributed by atoms with Gasteiger partial charge in [0.1, 0.15) is 18.0 Å². The second-order valence-corrected chi connectivity index (χ2v) is 15.0. The molecular formula is C45H51IN4O6. The highest BCUT2D eigenvalue weighted by Gasteiger charge is 2.32. The number of likely N-dealkylation sites (tertiary alicyclic amines) is 2. The number of piperidine rings is 2. The summed E-state index contributed by atoms with van der Waals surface area (Å²) in [5, 5.41) is 9.96. The lowest BCUT2D eigenvalue weighted by atomic mass is 10.0. The highest BCUT2D eigenvalue weighted by atomic mass is 127. The fourth-order valence-corrected chi connectivity index (χ4v) is 7.73. The predicted octanol–water partition coefficient (Wildman–Crippen LogP) is 4.82. The lowest BCUT2D eigenvalue weighted by molar-refractivity contribution is -0.927. The number of carbonyl (C=O) groups excluding carboxylic acids is 2. The van der Waals surface area contributed by atoms with Gasteiger partial charge in [0.25, 0.3) is 11.8 Å². The van der Waals surface area contributed by atoms with Crippen LogP contribution in [0.1, 0.15) is 57.9 Å². The van der Waals surface area contributed by atoms with E-state index in [2.05, 4.69) is 46.8 Å². The number of rotatable bonds is 10. The monoisotopic (exact) mass is 870 g/mol. The van der Waals surface area contributed by atoms with Gasteiger partial charge in [0, 0.05) is 71.7 Å². The third kappa shape index (κ3) is 10.1. The highest BCUT2D eigenvalue weighted by Crippen LogP contribution is 2.25. The van der Waals surface area contributed by atoms with Gasteiger partial charge in [-0.1, -0.05) is 60.7 Å². The molecule has 0 unspecified atom stereocenters. The number of methoxy groups -OCH3 is 2. The Kier molecular flexibility index (Phi) is 13.7. The van der Waals surface area contributed by atoms with E-state index in [0.717, 1.165) is 102 Å². The van der Waals surface area contributed by atoms with Crippen molar-refractivity contribution >= 4 is 33.4 Å². The molecule has 6 aromatic rings. The van der Waals surface area contributed by atoms with E-state index in [1.54, 1.807) is 26.7 Å². The van der Waals surface area contributed by atoms with Crippen LogP contribution >= 0.6 is 0 Å². The van der Waals surface area contributed by atoms with Crippen LogP contribution in [0.3, 0.4) is 0 Å². The summed E-state index contributed by atoms with van der Waals surface area (Å²) in [5.74, 6) is 2.36. The Morgan fingerprint density at radius 3 is 1.59 bits per heavy atom. The van der Waals surface area contributed by atoms with Crippen molar-refractivity contribution in [2.75, 3.05) is 47.4 Å². The summed E-state index contributed by atoms with van der Waals surface area (Å²) in [5.41, 5.74) is 2.59. The fourth-order valence-electron chi connectivity index (χ4n) is 7.73. The van der Waals surface area contributed by atoms with Crippen molar-refractivity contribution in [3.05, 3.63) is 132 Å². The summed E-state index contributed by atoms with van der Waals surface area (Å²) in [6, 6.07) is 32.4. The normalized spacial score (nSPS) is 18.7. The second kappa shape index (κ2) is 18.9. The molecule has 2 aromatic heterocycles. The van der Waals surface area contributed by atoms with Crippen molar-refractivity contribution in [3.63, 3.8) is 0 Å². The lowest BCUT2D eigenvalue weighted by Crippen LogP contribution is -3.00. The summed E-state index contributed by atoms with van der Waals surface area (Å²) >= 11 is 0. The van der Waals surface area contributed by atoms with Crippen LogP contribution in [-0.2, 0) is 13.1 Å². The average Bonchev–Trinajstić information content (AvgIpc) is 3.86. The molecule has 4 aromatic carbocycles. The number of nitrogens with one attached hydrogen (secondary N) is 2. The number of quaternary nitrogens is 1. The molecule has 2 aliphatic rings. The number of benzene rings is 4. The number of nitrogens with zero attached hydrogens (tertiary/aromatic N) is 2. The van der Waals surface area contributed by atoms with Crippen LogP contribution in [0.2, 0.25) is 0 Å². The van der Waals surface area contributed by atoms with Gasteiger partial charge < -0.3 is 57.4 Å². The number of fused-ring (bicyclic) bond motifs is 2. The molecule has 2 aliphatic heterocycles. The molecule has 56 heavy (non-hydrogen) atoms. The van der Waals surface area contributed by atoms with Crippen LogP contribution in [0, 0.1) is 0 Å². The largest absolute Gasteiger partial charge is 1.00 e. The molecule has 2 amide bonds. The zero-order chi connectivity index (χ0) is 38.2. The Morgan fingerprint density at radius 2 is 1.11 bits per heavy atom. The first kappa shape index (κ1) is 40.8. The minimum absolute atomic E-state index is 0. The van der Waals surface area contributed by atoms with E-state index < -0.39 is 0 Å². The Labute approximate surface area is 345 Å². The molecule has 2 fully saturated rings. The predicted molar refractivity (Wildman–Crippen MR) is 214 cm³/mol. The third-order valence-corrected chi connectivity index (χ3v) is 11.0. The number of amides is 2. The first-order valence-corrected chi connectivity index (χ1v) is 19.1.